The van der Waals surface area contributed by atoms with Crippen LogP contribution in [0.15, 0.2) is 60.7 Å². The molecule has 0 aliphatic carbocycles. The summed E-state index contributed by atoms with van der Waals surface area (Å²) in [5, 5.41) is 0. The fourth-order valence-corrected chi connectivity index (χ4v) is 0.642. The van der Waals surface area contributed by atoms with E-state index in [4.69, 9.17) is 0 Å². The molecule has 4 heteroatoms. The molecule has 2 aromatic rings. The molecule has 2 aromatic carbocycles. The van der Waals surface area contributed by atoms with Crippen molar-refractivity contribution in [3.63, 3.8) is 0 Å². The Morgan fingerprint density at radius 2 is 0.857 bits per heavy atom. The molecule has 0 heterocycles. The van der Waals surface area contributed by atoms with Crippen molar-refractivity contribution in [1.29, 1.82) is 0 Å². The van der Waals surface area contributed by atoms with Gasteiger partial charge in [-0.2, -0.15) is 36.4 Å². The molecule has 0 fully saturated rings. The summed E-state index contributed by atoms with van der Waals surface area (Å²) in [6.45, 7) is 0. The van der Waals surface area contributed by atoms with Crippen LogP contribution in [-0.2, 0) is 10.7 Å². The van der Waals surface area contributed by atoms with E-state index in [2.05, 4.69) is 40.3 Å². The van der Waals surface area contributed by atoms with E-state index in [9.17, 15) is 0 Å². The monoisotopic (exact) mass is 554 g/mol. The summed E-state index contributed by atoms with van der Waals surface area (Å²) < 4.78 is 0. The Morgan fingerprint density at radius 3 is 0.929 bits per heavy atom. The van der Waals surface area contributed by atoms with Crippen molar-refractivity contribution < 1.29 is 10.7 Å². The van der Waals surface area contributed by atoms with Crippen LogP contribution in [0.1, 0.15) is 0 Å². The van der Waals surface area contributed by atoms with E-state index in [1.807, 2.05) is 60.7 Å². The van der Waals surface area contributed by atoms with E-state index in [1.165, 1.54) is 0 Å². The summed E-state index contributed by atoms with van der Waals surface area (Å²) in [6, 6.07) is 20.0. The molecule has 0 spiro atoms. The normalized spacial score (nSPS) is 8.93. The first-order valence-electron chi connectivity index (χ1n) is 3.76. The van der Waals surface area contributed by atoms with Crippen LogP contribution >= 0.6 is 40.3 Å². The summed E-state index contributed by atoms with van der Waals surface area (Å²) in [5.41, 5.74) is 0. The number of rotatable bonds is 0. The quantitative estimate of drug-likeness (QED) is 0.385. The molecule has 0 saturated carbocycles. The zero-order valence-corrected chi connectivity index (χ0v) is 14.8. The number of hydrogen-bond acceptors (Lipinski definition) is 0. The molecule has 0 bridgehead atoms. The Morgan fingerprint density at radius 1 is 0.643 bits per heavy atom. The van der Waals surface area contributed by atoms with Crippen LogP contribution in [0.25, 0.3) is 0 Å². The minimum atomic E-state index is -1.03. The molecule has 0 radical (unpaired) electrons. The smallest absolute Gasteiger partial charge is 0.172 e. The number of halogens is 3. The van der Waals surface area contributed by atoms with Crippen molar-refractivity contribution in [3.8, 4) is 0 Å². The second-order valence-corrected chi connectivity index (χ2v) is 37.7. The van der Waals surface area contributed by atoms with Crippen molar-refractivity contribution in [3.05, 3.63) is 60.7 Å². The predicted molar refractivity (Wildman–Crippen MR) is 70.9 cm³/mol. The van der Waals surface area contributed by atoms with Gasteiger partial charge in [0.1, 0.15) is 0 Å². The Labute approximate surface area is 110 Å². The Bertz CT molecular complexity index is 187. The van der Waals surface area contributed by atoms with Crippen LogP contribution in [0.4, 0.5) is 0 Å². The van der Waals surface area contributed by atoms with E-state index in [-0.39, 0.29) is 0 Å². The van der Waals surface area contributed by atoms with Crippen LogP contribution in [0.5, 0.6) is 0 Å². The van der Waals surface area contributed by atoms with Gasteiger partial charge in [-0.3, -0.25) is 0 Å². The molecule has 80 valence electrons. The van der Waals surface area contributed by atoms with Gasteiger partial charge in [-0.05, 0) is 0 Å². The topological polar surface area (TPSA) is 0 Å². The van der Waals surface area contributed by atoms with E-state index in [0.29, 0.717) is 0 Å². The van der Waals surface area contributed by atoms with Gasteiger partial charge >= 0.3 is 51.0 Å². The molecule has 0 aromatic heterocycles. The maximum atomic E-state index is 3.29. The van der Waals surface area contributed by atoms with E-state index >= 15 is 0 Å². The fourth-order valence-electron chi connectivity index (χ4n) is 0.642. The van der Waals surface area contributed by atoms with Crippen molar-refractivity contribution in [2.24, 2.45) is 0 Å². The van der Waals surface area contributed by atoms with Gasteiger partial charge in [0.15, 0.2) is 0 Å². The molecule has 0 N–H and O–H groups in total. The third-order valence-corrected chi connectivity index (χ3v) is 1.11. The van der Waals surface area contributed by atoms with Gasteiger partial charge in [-0.25, -0.2) is 24.3 Å². The molecule has 0 atom stereocenters. The minimum Gasteiger partial charge on any atom is -0.214 e. The Hall–Kier alpha value is 0.802. The van der Waals surface area contributed by atoms with Gasteiger partial charge in [0.05, 0.1) is 0 Å². The van der Waals surface area contributed by atoms with Gasteiger partial charge in [-0.1, -0.05) is 0 Å². The van der Waals surface area contributed by atoms with E-state index in [0.717, 1.165) is 0 Å². The molecular formula is C10H10Br3Re-2. The maximum Gasteiger partial charge on any atom is -0.172 e. The molecule has 0 nitrogen and oxygen atoms in total. The van der Waals surface area contributed by atoms with Crippen molar-refractivity contribution >= 4 is 40.3 Å². The third-order valence-electron chi connectivity index (χ3n) is 1.11. The first-order chi connectivity index (χ1) is 6.73. The second kappa shape index (κ2) is 11.9. The summed E-state index contributed by atoms with van der Waals surface area (Å²) in [6.07, 6.45) is 0. The summed E-state index contributed by atoms with van der Waals surface area (Å²) in [4.78, 5) is 0. The average molecular weight is 556 g/mol. The predicted octanol–water partition coefficient (Wildman–Crippen LogP) is 5.35. The maximum absolute atomic E-state index is 3.29. The standard InChI is InChI=1S/2C5H5.3BrH.Re/c2*1-2-4-5-3-1;;;;/h2*1-5H;3*1H;/q2*-1;;;;+3/p-3. The van der Waals surface area contributed by atoms with Gasteiger partial charge in [0.2, 0.25) is 0 Å². The molecule has 0 saturated heterocycles. The van der Waals surface area contributed by atoms with Gasteiger partial charge < -0.3 is 0 Å². The molecule has 14 heavy (non-hydrogen) atoms. The molecule has 0 unspecified atom stereocenters. The molecule has 0 aliphatic heterocycles. The van der Waals surface area contributed by atoms with Crippen LogP contribution in [-0.4, -0.2) is 0 Å². The molecular weight excluding hydrogens is 546 g/mol. The first kappa shape index (κ1) is 14.8. The van der Waals surface area contributed by atoms with Crippen LogP contribution in [0.3, 0.4) is 0 Å². The third kappa shape index (κ3) is 15.3. The fraction of sp³-hybridized carbons (Fsp3) is 0. The molecule has 0 amide bonds. The average Bonchev–Trinajstić information content (AvgIpc) is 2.83. The molecule has 0 aliphatic rings. The zero-order valence-electron chi connectivity index (χ0n) is 7.29. The zero-order chi connectivity index (χ0) is 10.6. The summed E-state index contributed by atoms with van der Waals surface area (Å²) in [5.74, 6) is 0. The van der Waals surface area contributed by atoms with Gasteiger partial charge in [0, 0.05) is 0 Å². The van der Waals surface area contributed by atoms with Crippen LogP contribution in [0.2, 0.25) is 0 Å². The van der Waals surface area contributed by atoms with Gasteiger partial charge in [0.25, 0.3) is 0 Å². The van der Waals surface area contributed by atoms with Crippen LogP contribution < -0.4 is 0 Å². The minimum absolute atomic E-state index is 1.03. The van der Waals surface area contributed by atoms with Gasteiger partial charge in [-0.15, -0.1) is 0 Å². The van der Waals surface area contributed by atoms with E-state index in [1.54, 1.807) is 0 Å². The van der Waals surface area contributed by atoms with Crippen LogP contribution in [0, 0.1) is 0 Å². The summed E-state index contributed by atoms with van der Waals surface area (Å²) >= 11 is 9.87. The molecule has 2 rings (SSSR count). The largest absolute Gasteiger partial charge is 0.214 e. The van der Waals surface area contributed by atoms with Crippen molar-refractivity contribution in [2.75, 3.05) is 0 Å². The van der Waals surface area contributed by atoms with Crippen molar-refractivity contribution in [1.82, 2.24) is 0 Å². The Kier molecular flexibility index (Phi) is 12.6. The number of hydrogen-bond donors (Lipinski definition) is 0. The first-order valence-corrected chi connectivity index (χ1v) is 21.6. The summed E-state index contributed by atoms with van der Waals surface area (Å²) in [7, 11) is -1.03. The Balaban J connectivity index is 0.000000183. The van der Waals surface area contributed by atoms with Crippen molar-refractivity contribution in [2.45, 2.75) is 0 Å². The van der Waals surface area contributed by atoms with E-state index < -0.39 is 10.7 Å². The second-order valence-electron chi connectivity index (χ2n) is 2.09. The SMILES string of the molecule is [Br][Re]([Br])[Br].c1cc[cH-]c1.c1cc[cH-]c1.